The van der Waals surface area contributed by atoms with Gasteiger partial charge in [-0.1, -0.05) is 71.8 Å². The van der Waals surface area contributed by atoms with Crippen molar-refractivity contribution >= 4 is 0 Å². The first kappa shape index (κ1) is 18.6. The quantitative estimate of drug-likeness (QED) is 0.243. The first-order chi connectivity index (χ1) is 14.8. The molecule has 0 aromatic heterocycles. The fourth-order valence-corrected chi connectivity index (χ4v) is 5.98. The van der Waals surface area contributed by atoms with Crippen LogP contribution in [0.1, 0.15) is 55.6 Å². The van der Waals surface area contributed by atoms with Gasteiger partial charge in [-0.2, -0.15) is 0 Å². The fraction of sp³-hybridized carbons (Fsp3) is 0.226. The van der Waals surface area contributed by atoms with E-state index in [1.165, 1.54) is 77.9 Å². The number of benzene rings is 4. The van der Waals surface area contributed by atoms with Gasteiger partial charge in [-0.25, -0.2) is 0 Å². The third-order valence-corrected chi connectivity index (χ3v) is 7.81. The van der Waals surface area contributed by atoms with E-state index in [-0.39, 0.29) is 5.41 Å². The van der Waals surface area contributed by atoms with E-state index in [0.29, 0.717) is 0 Å². The minimum absolute atomic E-state index is 0.232. The van der Waals surface area contributed by atoms with E-state index in [1.54, 1.807) is 0 Å². The lowest BCUT2D eigenvalue weighted by molar-refractivity contribution is 0.788. The Morgan fingerprint density at radius 2 is 0.742 bits per heavy atom. The summed E-state index contributed by atoms with van der Waals surface area (Å²) in [7, 11) is 0. The van der Waals surface area contributed by atoms with Crippen LogP contribution in [0.5, 0.6) is 0 Å². The molecular weight excluding hydrogens is 372 g/mol. The Kier molecular flexibility index (Phi) is 3.59. The Morgan fingerprint density at radius 3 is 1.16 bits per heavy atom. The largest absolute Gasteiger partial charge is 0.0725 e. The van der Waals surface area contributed by atoms with Crippen molar-refractivity contribution in [2.45, 2.75) is 47.0 Å². The molecule has 0 amide bonds. The van der Waals surface area contributed by atoms with Crippen LogP contribution in [-0.4, -0.2) is 0 Å². The van der Waals surface area contributed by atoms with Gasteiger partial charge in [0.1, 0.15) is 0 Å². The minimum atomic E-state index is -0.232. The normalized spacial score (nSPS) is 14.4. The van der Waals surface area contributed by atoms with Gasteiger partial charge in [0.15, 0.2) is 0 Å². The second-order valence-electron chi connectivity index (χ2n) is 9.81. The molecule has 0 heterocycles. The summed E-state index contributed by atoms with van der Waals surface area (Å²) >= 11 is 0. The molecule has 0 aliphatic heterocycles. The number of hydrogen-bond acceptors (Lipinski definition) is 0. The maximum absolute atomic E-state index is 2.47. The number of aryl methyl sites for hydroxylation is 6. The van der Waals surface area contributed by atoms with Crippen LogP contribution in [0, 0.1) is 41.5 Å². The first-order valence-corrected chi connectivity index (χ1v) is 11.3. The van der Waals surface area contributed by atoms with Gasteiger partial charge in [-0.3, -0.25) is 0 Å². The lowest BCUT2D eigenvalue weighted by atomic mass is 9.69. The van der Waals surface area contributed by atoms with Gasteiger partial charge in [0.05, 0.1) is 5.41 Å². The van der Waals surface area contributed by atoms with E-state index in [9.17, 15) is 0 Å². The molecule has 0 saturated carbocycles. The van der Waals surface area contributed by atoms with E-state index in [1.807, 2.05) is 0 Å². The van der Waals surface area contributed by atoms with Gasteiger partial charge in [0.2, 0.25) is 0 Å². The zero-order valence-electron chi connectivity index (χ0n) is 19.3. The van der Waals surface area contributed by atoms with Gasteiger partial charge in [-0.15, -0.1) is 0 Å². The summed E-state index contributed by atoms with van der Waals surface area (Å²) in [4.78, 5) is 0. The van der Waals surface area contributed by atoms with Gasteiger partial charge >= 0.3 is 0 Å². The molecule has 0 saturated heterocycles. The molecular formula is C31H28. The lowest BCUT2D eigenvalue weighted by Gasteiger charge is -2.31. The molecule has 0 atom stereocenters. The summed E-state index contributed by atoms with van der Waals surface area (Å²) in [6.45, 7) is 13.4. The Bertz CT molecular complexity index is 1320. The van der Waals surface area contributed by atoms with Crippen LogP contribution in [-0.2, 0) is 5.41 Å². The van der Waals surface area contributed by atoms with Crippen molar-refractivity contribution < 1.29 is 0 Å². The van der Waals surface area contributed by atoms with Crippen LogP contribution in [0.2, 0.25) is 0 Å². The topological polar surface area (TPSA) is 0 Å². The Hall–Kier alpha value is -3.12. The summed E-state index contributed by atoms with van der Waals surface area (Å²) < 4.78 is 0. The molecule has 0 heteroatoms. The van der Waals surface area contributed by atoms with Crippen LogP contribution in [0.15, 0.2) is 60.7 Å². The highest BCUT2D eigenvalue weighted by Gasteiger charge is 2.52. The molecule has 0 unspecified atom stereocenters. The second-order valence-corrected chi connectivity index (χ2v) is 9.81. The second kappa shape index (κ2) is 5.98. The van der Waals surface area contributed by atoms with E-state index >= 15 is 0 Å². The van der Waals surface area contributed by atoms with E-state index in [2.05, 4.69) is 102 Å². The van der Waals surface area contributed by atoms with Crippen molar-refractivity contribution in [3.8, 4) is 22.3 Å². The molecule has 4 aromatic carbocycles. The highest BCUT2D eigenvalue weighted by molar-refractivity contribution is 5.95. The molecule has 152 valence electrons. The third kappa shape index (κ3) is 2.20. The monoisotopic (exact) mass is 400 g/mol. The first-order valence-electron chi connectivity index (χ1n) is 11.3. The van der Waals surface area contributed by atoms with Gasteiger partial charge in [0.25, 0.3) is 0 Å². The molecule has 0 radical (unpaired) electrons. The van der Waals surface area contributed by atoms with Crippen molar-refractivity contribution in [3.05, 3.63) is 116 Å². The number of hydrogen-bond donors (Lipinski definition) is 0. The highest BCUT2D eigenvalue weighted by Crippen LogP contribution is 2.63. The Balaban J connectivity index is 1.88. The van der Waals surface area contributed by atoms with Gasteiger partial charge in [-0.05, 0) is 108 Å². The molecule has 0 bridgehead atoms. The lowest BCUT2D eigenvalue weighted by Crippen LogP contribution is -2.26. The maximum atomic E-state index is 2.47. The summed E-state index contributed by atoms with van der Waals surface area (Å²) in [5, 5.41) is 0. The molecule has 0 fully saturated rings. The summed E-state index contributed by atoms with van der Waals surface area (Å²) in [5.74, 6) is 0. The van der Waals surface area contributed by atoms with Crippen LogP contribution >= 0.6 is 0 Å². The molecule has 4 aromatic rings. The van der Waals surface area contributed by atoms with Crippen LogP contribution in [0.4, 0.5) is 0 Å². The smallest absolute Gasteiger partial charge is 0.0587 e. The van der Waals surface area contributed by atoms with Crippen molar-refractivity contribution in [2.24, 2.45) is 0 Å². The van der Waals surface area contributed by atoms with Crippen molar-refractivity contribution in [1.29, 1.82) is 0 Å². The van der Waals surface area contributed by atoms with E-state index in [4.69, 9.17) is 0 Å². The zero-order valence-corrected chi connectivity index (χ0v) is 19.3. The molecule has 0 N–H and O–H groups in total. The number of rotatable bonds is 0. The predicted octanol–water partition coefficient (Wildman–Crippen LogP) is 7.88. The molecule has 2 aliphatic carbocycles. The Morgan fingerprint density at radius 1 is 0.387 bits per heavy atom. The average molecular weight is 401 g/mol. The summed E-state index contributed by atoms with van der Waals surface area (Å²) in [6, 6.07) is 23.9. The number of fused-ring (bicyclic) bond motifs is 10. The minimum Gasteiger partial charge on any atom is -0.0587 e. The molecule has 1 spiro atoms. The van der Waals surface area contributed by atoms with Crippen LogP contribution < -0.4 is 0 Å². The summed E-state index contributed by atoms with van der Waals surface area (Å²) in [5.41, 5.74) is 19.3. The molecule has 31 heavy (non-hydrogen) atoms. The maximum Gasteiger partial charge on any atom is 0.0725 e. The SMILES string of the molecule is Cc1ccc2c(c1)C1(c3cc(C)ccc3-c3cc(C)c(C)cc31)c1cc(C)c(C)cc1-2. The van der Waals surface area contributed by atoms with Crippen molar-refractivity contribution in [2.75, 3.05) is 0 Å². The van der Waals surface area contributed by atoms with Crippen LogP contribution in [0.3, 0.4) is 0 Å². The Labute approximate surface area is 185 Å². The van der Waals surface area contributed by atoms with Crippen molar-refractivity contribution in [1.82, 2.24) is 0 Å². The molecule has 0 nitrogen and oxygen atoms in total. The van der Waals surface area contributed by atoms with E-state index < -0.39 is 0 Å². The van der Waals surface area contributed by atoms with Crippen LogP contribution in [0.25, 0.3) is 22.3 Å². The molecule has 6 rings (SSSR count). The standard InChI is InChI=1S/C31H28/c1-17-7-9-23-25-13-19(3)21(5)15-29(25)31(27(23)11-17)28-12-18(2)8-10-24(28)26-14-20(4)22(6)16-30(26)31/h7-16H,1-6H3. The van der Waals surface area contributed by atoms with Gasteiger partial charge in [0, 0.05) is 0 Å². The summed E-state index contributed by atoms with van der Waals surface area (Å²) in [6.07, 6.45) is 0. The van der Waals surface area contributed by atoms with Gasteiger partial charge < -0.3 is 0 Å². The zero-order chi connectivity index (χ0) is 21.7. The average Bonchev–Trinajstić information content (AvgIpc) is 3.14. The van der Waals surface area contributed by atoms with Crippen molar-refractivity contribution in [3.63, 3.8) is 0 Å². The van der Waals surface area contributed by atoms with E-state index in [0.717, 1.165) is 0 Å². The molecule has 2 aliphatic rings. The predicted molar refractivity (Wildman–Crippen MR) is 131 cm³/mol. The third-order valence-electron chi connectivity index (χ3n) is 7.81. The fourth-order valence-electron chi connectivity index (χ4n) is 5.98. The highest BCUT2D eigenvalue weighted by atomic mass is 14.5.